The van der Waals surface area contributed by atoms with Gasteiger partial charge in [-0.3, -0.25) is 9.48 Å². The molecule has 1 N–H and O–H groups in total. The van der Waals surface area contributed by atoms with Crippen molar-refractivity contribution in [2.24, 2.45) is 5.92 Å². The van der Waals surface area contributed by atoms with Gasteiger partial charge >= 0.3 is 5.97 Å². The molecule has 1 unspecified atom stereocenters. The van der Waals surface area contributed by atoms with Crippen LogP contribution in [0, 0.1) is 17.2 Å². The Labute approximate surface area is 117 Å². The number of aliphatic carboxylic acids is 1. The van der Waals surface area contributed by atoms with Gasteiger partial charge in [-0.05, 0) is 6.92 Å². The molecule has 0 radical (unpaired) electrons. The molecule has 8 nitrogen and oxygen atoms in total. The number of carboxylic acid groups (broad SMARTS) is 1. The molecule has 0 aliphatic heterocycles. The van der Waals surface area contributed by atoms with Gasteiger partial charge in [0.1, 0.15) is 4.90 Å². The van der Waals surface area contributed by atoms with Crippen molar-refractivity contribution >= 4 is 16.0 Å². The zero-order valence-electron chi connectivity index (χ0n) is 11.2. The fourth-order valence-corrected chi connectivity index (χ4v) is 2.73. The quantitative estimate of drug-likeness (QED) is 0.765. The maximum atomic E-state index is 12.2. The Kier molecular flexibility index (Phi) is 5.24. The third kappa shape index (κ3) is 4.04. The molecule has 0 aromatic carbocycles. The Bertz CT molecular complexity index is 617. The molecule has 20 heavy (non-hydrogen) atoms. The highest BCUT2D eigenvalue weighted by atomic mass is 32.2. The molecule has 0 saturated heterocycles. The Morgan fingerprint density at radius 1 is 1.65 bits per heavy atom. The van der Waals surface area contributed by atoms with E-state index >= 15 is 0 Å². The van der Waals surface area contributed by atoms with Crippen molar-refractivity contribution in [1.29, 1.82) is 5.26 Å². The number of aromatic nitrogens is 2. The number of nitriles is 1. The lowest BCUT2D eigenvalue weighted by atomic mass is 10.2. The molecule has 1 heterocycles. The van der Waals surface area contributed by atoms with Crippen LogP contribution in [0.15, 0.2) is 17.3 Å². The first kappa shape index (κ1) is 16.1. The summed E-state index contributed by atoms with van der Waals surface area (Å²) < 4.78 is 26.7. The van der Waals surface area contributed by atoms with E-state index in [0.717, 1.165) is 4.31 Å². The summed E-state index contributed by atoms with van der Waals surface area (Å²) in [7, 11) is -2.32. The summed E-state index contributed by atoms with van der Waals surface area (Å²) in [6.07, 6.45) is 2.32. The molecule has 0 spiro atoms. The summed E-state index contributed by atoms with van der Waals surface area (Å²) in [5, 5.41) is 21.1. The topological polar surface area (TPSA) is 116 Å². The summed E-state index contributed by atoms with van der Waals surface area (Å²) >= 11 is 0. The average Bonchev–Trinajstić information content (AvgIpc) is 2.85. The molecule has 0 amide bonds. The lowest BCUT2D eigenvalue weighted by Gasteiger charge is -2.16. The van der Waals surface area contributed by atoms with Gasteiger partial charge < -0.3 is 5.11 Å². The first-order valence-corrected chi connectivity index (χ1v) is 7.31. The van der Waals surface area contributed by atoms with Crippen LogP contribution in [0.4, 0.5) is 0 Å². The number of hydrogen-bond donors (Lipinski definition) is 1. The number of hydrogen-bond acceptors (Lipinski definition) is 5. The van der Waals surface area contributed by atoms with Gasteiger partial charge in [-0.25, -0.2) is 8.42 Å². The second kappa shape index (κ2) is 6.49. The monoisotopic (exact) mass is 300 g/mol. The molecule has 0 fully saturated rings. The minimum atomic E-state index is -3.71. The van der Waals surface area contributed by atoms with Crippen LogP contribution in [-0.2, 0) is 21.4 Å². The number of sulfonamides is 1. The molecular weight excluding hydrogens is 284 g/mol. The molecule has 1 rings (SSSR count). The zero-order valence-corrected chi connectivity index (χ0v) is 12.0. The van der Waals surface area contributed by atoms with Crippen LogP contribution >= 0.6 is 0 Å². The number of nitrogens with zero attached hydrogens (tertiary/aromatic N) is 4. The third-order valence-electron chi connectivity index (χ3n) is 2.62. The summed E-state index contributed by atoms with van der Waals surface area (Å²) in [4.78, 5) is 10.4. The van der Waals surface area contributed by atoms with Crippen molar-refractivity contribution in [3.8, 4) is 6.07 Å². The van der Waals surface area contributed by atoms with Crippen molar-refractivity contribution < 1.29 is 18.3 Å². The van der Waals surface area contributed by atoms with Crippen LogP contribution < -0.4 is 0 Å². The zero-order chi connectivity index (χ0) is 15.3. The van der Waals surface area contributed by atoms with Gasteiger partial charge in [-0.15, -0.1) is 0 Å². The lowest BCUT2D eigenvalue weighted by molar-refractivity contribution is -0.137. The third-order valence-corrected chi connectivity index (χ3v) is 4.40. The van der Waals surface area contributed by atoms with Gasteiger partial charge in [-0.2, -0.15) is 14.7 Å². The van der Waals surface area contributed by atoms with E-state index < -0.39 is 21.9 Å². The Morgan fingerprint density at radius 2 is 2.30 bits per heavy atom. The van der Waals surface area contributed by atoms with Gasteiger partial charge in [-0.1, -0.05) is 0 Å². The van der Waals surface area contributed by atoms with E-state index in [9.17, 15) is 13.2 Å². The van der Waals surface area contributed by atoms with Crippen molar-refractivity contribution in [2.75, 3.05) is 13.6 Å². The molecule has 1 atom stereocenters. The van der Waals surface area contributed by atoms with Crippen LogP contribution in [0.2, 0.25) is 0 Å². The first-order valence-electron chi connectivity index (χ1n) is 5.87. The molecule has 110 valence electrons. The summed E-state index contributed by atoms with van der Waals surface area (Å²) in [5.41, 5.74) is 0. The number of carbonyl (C=O) groups is 1. The van der Waals surface area contributed by atoms with Crippen LogP contribution in [0.1, 0.15) is 13.3 Å². The normalized spacial score (nSPS) is 13.1. The molecule has 0 bridgehead atoms. The van der Waals surface area contributed by atoms with E-state index in [4.69, 9.17) is 10.4 Å². The second-order valence-corrected chi connectivity index (χ2v) is 6.44. The molecule has 1 aromatic heterocycles. The van der Waals surface area contributed by atoms with Crippen molar-refractivity contribution in [1.82, 2.24) is 14.1 Å². The molecule has 0 saturated carbocycles. The highest BCUT2D eigenvalue weighted by Gasteiger charge is 2.24. The minimum Gasteiger partial charge on any atom is -0.481 e. The summed E-state index contributed by atoms with van der Waals surface area (Å²) in [6.45, 7) is 1.81. The summed E-state index contributed by atoms with van der Waals surface area (Å²) in [6, 6.07) is 1.97. The predicted molar refractivity (Wildman–Crippen MR) is 69.1 cm³/mol. The Hall–Kier alpha value is -1.92. The number of aryl methyl sites for hydroxylation is 1. The smallest absolute Gasteiger partial charge is 0.305 e. The van der Waals surface area contributed by atoms with Crippen molar-refractivity contribution in [2.45, 2.75) is 24.8 Å². The van der Waals surface area contributed by atoms with E-state index in [1.165, 1.54) is 24.1 Å². The fourth-order valence-electron chi connectivity index (χ4n) is 1.51. The Balaban J connectivity index is 2.83. The van der Waals surface area contributed by atoms with Crippen LogP contribution in [0.3, 0.4) is 0 Å². The SMILES string of the molecule is CC(C#N)CN(C)S(=O)(=O)c1cnn(CCC(=O)O)c1. The van der Waals surface area contributed by atoms with E-state index in [0.29, 0.717) is 0 Å². The molecule has 9 heteroatoms. The largest absolute Gasteiger partial charge is 0.481 e. The number of carboxylic acids is 1. The minimum absolute atomic E-state index is 0.0180. The van der Waals surface area contributed by atoms with Crippen molar-refractivity contribution in [3.63, 3.8) is 0 Å². The first-order chi connectivity index (χ1) is 9.27. The van der Waals surface area contributed by atoms with Crippen LogP contribution in [-0.4, -0.2) is 47.2 Å². The van der Waals surface area contributed by atoms with Crippen LogP contribution in [0.25, 0.3) is 0 Å². The van der Waals surface area contributed by atoms with Crippen molar-refractivity contribution in [3.05, 3.63) is 12.4 Å². The van der Waals surface area contributed by atoms with E-state index in [2.05, 4.69) is 5.10 Å². The number of rotatable bonds is 7. The second-order valence-electron chi connectivity index (χ2n) is 4.40. The average molecular weight is 300 g/mol. The van der Waals surface area contributed by atoms with Gasteiger partial charge in [0, 0.05) is 19.8 Å². The predicted octanol–water partition coefficient (Wildman–Crippen LogP) is 0.138. The standard InChI is InChI=1S/C11H16N4O4S/c1-9(5-12)7-14(2)20(18,19)10-6-13-15(8-10)4-3-11(16)17/h6,8-9H,3-4,7H2,1-2H3,(H,16,17). The molecular formula is C11H16N4O4S. The summed E-state index contributed by atoms with van der Waals surface area (Å²) in [5.74, 6) is -1.40. The maximum Gasteiger partial charge on any atom is 0.305 e. The van der Waals surface area contributed by atoms with Gasteiger partial charge in [0.2, 0.25) is 10.0 Å². The fraction of sp³-hybridized carbons (Fsp3) is 0.545. The Morgan fingerprint density at radius 3 is 2.85 bits per heavy atom. The highest BCUT2D eigenvalue weighted by molar-refractivity contribution is 7.89. The van der Waals surface area contributed by atoms with Gasteiger partial charge in [0.15, 0.2) is 0 Å². The van der Waals surface area contributed by atoms with E-state index in [1.54, 1.807) is 6.92 Å². The van der Waals surface area contributed by atoms with E-state index in [1.807, 2.05) is 6.07 Å². The maximum absolute atomic E-state index is 12.2. The van der Waals surface area contributed by atoms with Gasteiger partial charge in [0.05, 0.1) is 31.1 Å². The highest BCUT2D eigenvalue weighted by Crippen LogP contribution is 2.14. The van der Waals surface area contributed by atoms with Crippen LogP contribution in [0.5, 0.6) is 0 Å². The van der Waals surface area contributed by atoms with Gasteiger partial charge in [0.25, 0.3) is 0 Å². The molecule has 1 aromatic rings. The molecule has 0 aliphatic carbocycles. The lowest BCUT2D eigenvalue weighted by Crippen LogP contribution is -2.30. The molecule has 0 aliphatic rings. The van der Waals surface area contributed by atoms with E-state index in [-0.39, 0.29) is 24.4 Å².